The minimum absolute atomic E-state index is 0.0143. The molecule has 7 heteroatoms. The van der Waals surface area contributed by atoms with E-state index in [1.165, 1.54) is 0 Å². The van der Waals surface area contributed by atoms with Crippen LogP contribution in [0.5, 0.6) is 17.2 Å². The van der Waals surface area contributed by atoms with Crippen LogP contribution in [0.1, 0.15) is 25.8 Å². The topological polar surface area (TPSA) is 77.3 Å². The lowest BCUT2D eigenvalue weighted by Crippen LogP contribution is -2.45. The first-order chi connectivity index (χ1) is 12.1. The van der Waals surface area contributed by atoms with Crippen LogP contribution >= 0.6 is 0 Å². The lowest BCUT2D eigenvalue weighted by molar-refractivity contribution is -0.135. The second-order valence-corrected chi connectivity index (χ2v) is 6.48. The lowest BCUT2D eigenvalue weighted by Gasteiger charge is -2.29. The maximum Gasteiger partial charge on any atom is 0.239 e. The molecule has 0 radical (unpaired) electrons. The van der Waals surface area contributed by atoms with Crippen molar-refractivity contribution in [2.45, 2.75) is 38.9 Å². The molecule has 2 N–H and O–H groups in total. The number of hydrogen-bond donors (Lipinski definition) is 1. The van der Waals surface area contributed by atoms with Gasteiger partial charge in [-0.1, -0.05) is 0 Å². The summed E-state index contributed by atoms with van der Waals surface area (Å²) in [6.45, 7) is 6.96. The monoisotopic (exact) mass is 349 g/mol. The number of nitrogens with zero attached hydrogens (tertiary/aromatic N) is 2. The molecule has 1 aromatic carbocycles. The first kappa shape index (κ1) is 17.8. The maximum atomic E-state index is 12.8. The van der Waals surface area contributed by atoms with Gasteiger partial charge in [-0.15, -0.1) is 0 Å². The largest absolute Gasteiger partial charge is 0.493 e. The summed E-state index contributed by atoms with van der Waals surface area (Å²) in [5.74, 6) is 2.13. The Balaban J connectivity index is 1.80. The van der Waals surface area contributed by atoms with Crippen LogP contribution in [0, 0.1) is 0 Å². The van der Waals surface area contributed by atoms with E-state index in [0.717, 1.165) is 5.56 Å². The molecule has 1 fully saturated rings. The Labute approximate surface area is 148 Å². The molecule has 1 saturated heterocycles. The zero-order valence-corrected chi connectivity index (χ0v) is 15.2. The highest BCUT2D eigenvalue weighted by molar-refractivity contribution is 5.82. The van der Waals surface area contributed by atoms with E-state index in [0.29, 0.717) is 49.8 Å². The predicted octanol–water partition coefficient (Wildman–Crippen LogP) is 1.19. The normalized spacial score (nSPS) is 22.2. The van der Waals surface area contributed by atoms with Crippen molar-refractivity contribution in [1.82, 2.24) is 9.80 Å². The number of rotatable bonds is 6. The molecule has 3 rings (SSSR count). The highest BCUT2D eigenvalue weighted by Crippen LogP contribution is 2.42. The standard InChI is InChI=1S/C18H27N3O4/c1-4-20(5-2)18(22)14-8-13(19)10-21(14)9-12-6-15(23-3)17-16(7-12)24-11-25-17/h6-7,13-14H,4-5,8-11,19H2,1-3H3/t13-,14-/m0/s1. The maximum absolute atomic E-state index is 12.8. The van der Waals surface area contributed by atoms with Gasteiger partial charge in [0.05, 0.1) is 13.2 Å². The third-order valence-electron chi connectivity index (χ3n) is 4.90. The molecule has 2 atom stereocenters. The van der Waals surface area contributed by atoms with Crippen molar-refractivity contribution in [2.75, 3.05) is 33.5 Å². The molecule has 0 bridgehead atoms. The fourth-order valence-corrected chi connectivity index (χ4v) is 3.63. The van der Waals surface area contributed by atoms with E-state index >= 15 is 0 Å². The van der Waals surface area contributed by atoms with Crippen LogP contribution in [0.4, 0.5) is 0 Å². The summed E-state index contributed by atoms with van der Waals surface area (Å²) in [6, 6.07) is 3.73. The summed E-state index contributed by atoms with van der Waals surface area (Å²) >= 11 is 0. The summed E-state index contributed by atoms with van der Waals surface area (Å²) in [5.41, 5.74) is 7.18. The Morgan fingerprint density at radius 2 is 2.12 bits per heavy atom. The predicted molar refractivity (Wildman–Crippen MR) is 93.8 cm³/mol. The van der Waals surface area contributed by atoms with Crippen LogP contribution < -0.4 is 19.9 Å². The Kier molecular flexibility index (Phi) is 5.34. The number of likely N-dealkylation sites (N-methyl/N-ethyl adjacent to an activating group) is 1. The van der Waals surface area contributed by atoms with Gasteiger partial charge in [0.1, 0.15) is 0 Å². The van der Waals surface area contributed by atoms with E-state index in [1.54, 1.807) is 7.11 Å². The van der Waals surface area contributed by atoms with Gasteiger partial charge >= 0.3 is 0 Å². The highest BCUT2D eigenvalue weighted by atomic mass is 16.7. The van der Waals surface area contributed by atoms with Crippen molar-refractivity contribution in [3.8, 4) is 17.2 Å². The third kappa shape index (κ3) is 3.52. The second-order valence-electron chi connectivity index (χ2n) is 6.48. The van der Waals surface area contributed by atoms with Gasteiger partial charge in [-0.05, 0) is 38.0 Å². The van der Waals surface area contributed by atoms with E-state index in [9.17, 15) is 4.79 Å². The summed E-state index contributed by atoms with van der Waals surface area (Å²) in [7, 11) is 1.61. The van der Waals surface area contributed by atoms with E-state index in [-0.39, 0.29) is 24.8 Å². The number of methoxy groups -OCH3 is 1. The third-order valence-corrected chi connectivity index (χ3v) is 4.90. The van der Waals surface area contributed by atoms with Crippen LogP contribution in [0.3, 0.4) is 0 Å². The molecule has 2 heterocycles. The van der Waals surface area contributed by atoms with Crippen molar-refractivity contribution < 1.29 is 19.0 Å². The quantitative estimate of drug-likeness (QED) is 0.831. The van der Waals surface area contributed by atoms with Gasteiger partial charge in [-0.25, -0.2) is 0 Å². The van der Waals surface area contributed by atoms with Crippen molar-refractivity contribution in [1.29, 1.82) is 0 Å². The Morgan fingerprint density at radius 1 is 1.36 bits per heavy atom. The van der Waals surface area contributed by atoms with Crippen LogP contribution in [0.25, 0.3) is 0 Å². The first-order valence-corrected chi connectivity index (χ1v) is 8.82. The van der Waals surface area contributed by atoms with E-state index < -0.39 is 0 Å². The first-order valence-electron chi connectivity index (χ1n) is 8.82. The summed E-state index contributed by atoms with van der Waals surface area (Å²) in [4.78, 5) is 16.8. The van der Waals surface area contributed by atoms with Gasteiger partial charge < -0.3 is 24.8 Å². The molecular weight excluding hydrogens is 322 g/mol. The molecule has 138 valence electrons. The van der Waals surface area contributed by atoms with Gasteiger partial charge in [0.25, 0.3) is 0 Å². The number of nitrogens with two attached hydrogens (primary N) is 1. The number of carbonyl (C=O) groups is 1. The Bertz CT molecular complexity index is 633. The zero-order chi connectivity index (χ0) is 18.0. The summed E-state index contributed by atoms with van der Waals surface area (Å²) in [5, 5.41) is 0. The number of likely N-dealkylation sites (tertiary alicyclic amines) is 1. The Hall–Kier alpha value is -1.99. The Morgan fingerprint density at radius 3 is 2.80 bits per heavy atom. The number of amides is 1. The van der Waals surface area contributed by atoms with Gasteiger partial charge in [-0.3, -0.25) is 9.69 Å². The number of hydrogen-bond acceptors (Lipinski definition) is 6. The molecule has 1 aromatic rings. The van der Waals surface area contributed by atoms with Gasteiger partial charge in [-0.2, -0.15) is 0 Å². The lowest BCUT2D eigenvalue weighted by atomic mass is 10.1. The van der Waals surface area contributed by atoms with Crippen molar-refractivity contribution >= 4 is 5.91 Å². The zero-order valence-electron chi connectivity index (χ0n) is 15.2. The molecule has 7 nitrogen and oxygen atoms in total. The molecule has 0 unspecified atom stereocenters. The van der Waals surface area contributed by atoms with Crippen LogP contribution in [-0.4, -0.2) is 61.3 Å². The SMILES string of the molecule is CCN(CC)C(=O)[C@@H]1C[C@H](N)CN1Cc1cc(OC)c2c(c1)OCO2. The molecule has 0 spiro atoms. The molecule has 1 amide bonds. The number of benzene rings is 1. The number of fused-ring (bicyclic) bond motifs is 1. The summed E-state index contributed by atoms with van der Waals surface area (Å²) < 4.78 is 16.3. The average Bonchev–Trinajstić information content (AvgIpc) is 3.21. The van der Waals surface area contributed by atoms with Crippen molar-refractivity contribution in [3.05, 3.63) is 17.7 Å². The van der Waals surface area contributed by atoms with Crippen LogP contribution in [0.2, 0.25) is 0 Å². The number of carbonyl (C=O) groups excluding carboxylic acids is 1. The highest BCUT2D eigenvalue weighted by Gasteiger charge is 2.37. The van der Waals surface area contributed by atoms with Crippen molar-refractivity contribution in [3.63, 3.8) is 0 Å². The van der Waals surface area contributed by atoms with Gasteiger partial charge in [0, 0.05) is 32.2 Å². The summed E-state index contributed by atoms with van der Waals surface area (Å²) in [6.07, 6.45) is 0.691. The molecule has 2 aliphatic heterocycles. The second kappa shape index (κ2) is 7.49. The minimum atomic E-state index is -0.175. The fraction of sp³-hybridized carbons (Fsp3) is 0.611. The molecule has 0 aromatic heterocycles. The molecule has 2 aliphatic rings. The smallest absolute Gasteiger partial charge is 0.239 e. The number of ether oxygens (including phenoxy) is 3. The average molecular weight is 349 g/mol. The molecule has 25 heavy (non-hydrogen) atoms. The molecular formula is C18H27N3O4. The fourth-order valence-electron chi connectivity index (χ4n) is 3.63. The van der Waals surface area contributed by atoms with E-state index in [2.05, 4.69) is 4.90 Å². The van der Waals surface area contributed by atoms with Crippen LogP contribution in [-0.2, 0) is 11.3 Å². The van der Waals surface area contributed by atoms with E-state index in [1.807, 2.05) is 30.9 Å². The molecule has 0 aliphatic carbocycles. The van der Waals surface area contributed by atoms with Gasteiger partial charge in [0.15, 0.2) is 11.5 Å². The van der Waals surface area contributed by atoms with Crippen molar-refractivity contribution in [2.24, 2.45) is 5.73 Å². The minimum Gasteiger partial charge on any atom is -0.493 e. The van der Waals surface area contributed by atoms with Gasteiger partial charge in [0.2, 0.25) is 18.4 Å². The van der Waals surface area contributed by atoms with Crippen LogP contribution in [0.15, 0.2) is 12.1 Å². The molecule has 0 saturated carbocycles. The van der Waals surface area contributed by atoms with E-state index in [4.69, 9.17) is 19.9 Å².